The van der Waals surface area contributed by atoms with Crippen LogP contribution in [0.25, 0.3) is 10.8 Å². The van der Waals surface area contributed by atoms with Crippen molar-refractivity contribution < 1.29 is 42.2 Å². The Labute approximate surface area is 323 Å². The minimum atomic E-state index is -4.02. The summed E-state index contributed by atoms with van der Waals surface area (Å²) in [5.41, 5.74) is -2.53. The van der Waals surface area contributed by atoms with Gasteiger partial charge < -0.3 is 24.8 Å². The van der Waals surface area contributed by atoms with Crippen molar-refractivity contribution >= 4 is 44.6 Å². The quantitative estimate of drug-likeness (QED) is 0.308. The third-order valence-corrected chi connectivity index (χ3v) is 13.8. The highest BCUT2D eigenvalue weighted by Gasteiger charge is 2.63. The standard InChI is InChI=1S/C40H55N5O9S/c1-8-53-31-20-26-14-10-12-16-29(26)34(41-31)54-28-21-30-33(46)42-40(36(48)43-55(51,52)39(7)17-18-39)22-27(40)15-11-9-13-24(2)19-25(3)32(35(47)44(30)23-28)45(37(49)50)38(4,5)6/h10-12,14-16,20,24-25,27-28,30,32H,8-9,13,17-19,21-23H2,1-7H3,(H,42,46)(H,43,48)(H,49,50)/t24-,25+,27+,28+,30-,32-,40+/m0/s1. The molecule has 3 N–H and O–H groups in total. The number of nitrogens with zero attached hydrogens (tertiary/aromatic N) is 3. The molecule has 0 unspecified atom stereocenters. The van der Waals surface area contributed by atoms with E-state index in [1.807, 2.05) is 50.3 Å². The molecule has 2 aromatic rings. The largest absolute Gasteiger partial charge is 0.478 e. The number of aromatic nitrogens is 1. The minimum absolute atomic E-state index is 0.00110. The Morgan fingerprint density at radius 2 is 1.85 bits per heavy atom. The van der Waals surface area contributed by atoms with Gasteiger partial charge in [-0.2, -0.15) is 4.98 Å². The van der Waals surface area contributed by atoms with Crippen LogP contribution in [-0.4, -0.2) is 99.3 Å². The second-order valence-electron chi connectivity index (χ2n) is 17.1. The summed E-state index contributed by atoms with van der Waals surface area (Å²) in [5.74, 6) is -2.21. The number of pyridine rings is 1. The van der Waals surface area contributed by atoms with Crippen LogP contribution in [0.4, 0.5) is 4.79 Å². The molecule has 55 heavy (non-hydrogen) atoms. The number of rotatable bonds is 8. The molecule has 1 aromatic carbocycles. The Morgan fingerprint density at radius 1 is 1.15 bits per heavy atom. The molecule has 1 saturated heterocycles. The Balaban J connectivity index is 1.40. The first-order valence-electron chi connectivity index (χ1n) is 19.4. The molecule has 0 radical (unpaired) electrons. The van der Waals surface area contributed by atoms with Crippen molar-refractivity contribution in [2.75, 3.05) is 13.2 Å². The van der Waals surface area contributed by atoms with Gasteiger partial charge in [-0.05, 0) is 96.4 Å². The van der Waals surface area contributed by atoms with Crippen molar-refractivity contribution in [3.05, 3.63) is 42.5 Å². The number of amides is 4. The number of hydrogen-bond acceptors (Lipinski definition) is 9. The fourth-order valence-electron chi connectivity index (χ4n) is 8.18. The molecule has 300 valence electrons. The Bertz CT molecular complexity index is 1980. The number of allylic oxidation sites excluding steroid dienone is 1. The monoisotopic (exact) mass is 781 g/mol. The summed E-state index contributed by atoms with van der Waals surface area (Å²) in [6.45, 7) is 12.9. The third kappa shape index (κ3) is 8.13. The Hall–Kier alpha value is -4.40. The second kappa shape index (κ2) is 14.9. The van der Waals surface area contributed by atoms with Crippen LogP contribution in [0.3, 0.4) is 0 Å². The van der Waals surface area contributed by atoms with Crippen LogP contribution < -0.4 is 19.5 Å². The molecule has 0 bridgehead atoms. The van der Waals surface area contributed by atoms with E-state index in [1.54, 1.807) is 33.8 Å². The zero-order valence-corrected chi connectivity index (χ0v) is 33.6. The molecule has 4 amide bonds. The van der Waals surface area contributed by atoms with Gasteiger partial charge in [0, 0.05) is 29.3 Å². The zero-order valence-electron chi connectivity index (χ0n) is 32.8. The number of carboxylic acid groups (broad SMARTS) is 1. The fourth-order valence-corrected chi connectivity index (χ4v) is 9.49. The molecule has 4 aliphatic rings. The normalized spacial score (nSPS) is 29.5. The number of nitrogens with one attached hydrogen (secondary N) is 2. The van der Waals surface area contributed by atoms with Crippen LogP contribution in [0.5, 0.6) is 11.8 Å². The summed E-state index contributed by atoms with van der Waals surface area (Å²) >= 11 is 0. The number of ether oxygens (including phenoxy) is 2. The van der Waals surface area contributed by atoms with Crippen LogP contribution >= 0.6 is 0 Å². The van der Waals surface area contributed by atoms with Gasteiger partial charge >= 0.3 is 6.09 Å². The van der Waals surface area contributed by atoms with Crippen LogP contribution in [0, 0.1) is 17.8 Å². The molecule has 3 fully saturated rings. The maximum atomic E-state index is 15.1. The van der Waals surface area contributed by atoms with E-state index in [1.165, 1.54) is 9.80 Å². The van der Waals surface area contributed by atoms with Gasteiger partial charge in [-0.3, -0.25) is 24.0 Å². The van der Waals surface area contributed by atoms with Crippen molar-refractivity contribution in [3.8, 4) is 11.8 Å². The van der Waals surface area contributed by atoms with Crippen molar-refractivity contribution in [3.63, 3.8) is 0 Å². The number of benzene rings is 1. The average Bonchev–Trinajstić information content (AvgIpc) is 3.98. The lowest BCUT2D eigenvalue weighted by molar-refractivity contribution is -0.146. The zero-order chi connectivity index (χ0) is 40.1. The molecular weight excluding hydrogens is 727 g/mol. The number of sulfonamides is 1. The molecule has 6 rings (SSSR count). The van der Waals surface area contributed by atoms with Gasteiger partial charge in [0.15, 0.2) is 0 Å². The maximum absolute atomic E-state index is 15.1. The lowest BCUT2D eigenvalue weighted by atomic mass is 9.85. The molecule has 7 atom stereocenters. The van der Waals surface area contributed by atoms with E-state index in [2.05, 4.69) is 21.9 Å². The van der Waals surface area contributed by atoms with Crippen LogP contribution in [-0.2, 0) is 24.4 Å². The van der Waals surface area contributed by atoms with Crippen LogP contribution in [0.15, 0.2) is 42.5 Å². The van der Waals surface area contributed by atoms with Crippen LogP contribution in [0.1, 0.15) is 93.4 Å². The van der Waals surface area contributed by atoms with E-state index in [0.717, 1.165) is 11.8 Å². The first kappa shape index (κ1) is 40.3. The fraction of sp³-hybridized carbons (Fsp3) is 0.625. The van der Waals surface area contributed by atoms with Gasteiger partial charge in [0.25, 0.3) is 5.91 Å². The molecule has 14 nitrogen and oxygen atoms in total. The molecule has 2 saturated carbocycles. The number of carbonyl (C=O) groups is 4. The summed E-state index contributed by atoms with van der Waals surface area (Å²) in [5, 5.41) is 15.0. The SMILES string of the molecule is CCOc1cc2ccccc2c(O[C@@H]2C[C@H]3C(=O)N[C@]4(C(=O)NS(=O)(=O)C5(C)CC5)C[C@H]4C=CCC[C@H](C)C[C@@H](C)[C@H](N(C(=O)O)C(C)(C)C)C(=O)N3C2)n1. The van der Waals surface area contributed by atoms with Gasteiger partial charge in [0.1, 0.15) is 23.7 Å². The lowest BCUT2D eigenvalue weighted by Gasteiger charge is -2.43. The minimum Gasteiger partial charge on any atom is -0.478 e. The van der Waals surface area contributed by atoms with E-state index in [0.29, 0.717) is 43.6 Å². The summed E-state index contributed by atoms with van der Waals surface area (Å²) in [6.07, 6.45) is 4.75. The van der Waals surface area contributed by atoms with Gasteiger partial charge in [-0.25, -0.2) is 13.2 Å². The van der Waals surface area contributed by atoms with E-state index < -0.39 is 79.7 Å². The molecular formula is C40H55N5O9S. The summed E-state index contributed by atoms with van der Waals surface area (Å²) in [6, 6.07) is 6.95. The highest BCUT2D eigenvalue weighted by molar-refractivity contribution is 7.91. The Morgan fingerprint density at radius 3 is 2.51 bits per heavy atom. The first-order chi connectivity index (χ1) is 25.8. The molecule has 2 aliphatic carbocycles. The molecule has 3 heterocycles. The number of fused-ring (bicyclic) bond motifs is 3. The highest BCUT2D eigenvalue weighted by atomic mass is 32.2. The van der Waals surface area contributed by atoms with E-state index in [4.69, 9.17) is 9.47 Å². The van der Waals surface area contributed by atoms with Crippen molar-refractivity contribution in [1.29, 1.82) is 0 Å². The highest BCUT2D eigenvalue weighted by Crippen LogP contribution is 2.48. The molecule has 0 spiro atoms. The van der Waals surface area contributed by atoms with Gasteiger partial charge in [0.2, 0.25) is 33.6 Å². The van der Waals surface area contributed by atoms with E-state index in [-0.39, 0.29) is 31.2 Å². The lowest BCUT2D eigenvalue weighted by Crippen LogP contribution is -2.62. The first-order valence-corrected chi connectivity index (χ1v) is 20.9. The van der Waals surface area contributed by atoms with Crippen molar-refractivity contribution in [2.24, 2.45) is 17.8 Å². The molecule has 1 aromatic heterocycles. The van der Waals surface area contributed by atoms with Gasteiger partial charge in [-0.15, -0.1) is 0 Å². The van der Waals surface area contributed by atoms with E-state index in [9.17, 15) is 27.9 Å². The Kier molecular flexibility index (Phi) is 10.9. The predicted octanol–water partition coefficient (Wildman–Crippen LogP) is 5.01. The third-order valence-electron chi connectivity index (χ3n) is 11.7. The smallest absolute Gasteiger partial charge is 0.408 e. The summed E-state index contributed by atoms with van der Waals surface area (Å²) < 4.78 is 39.9. The average molecular weight is 782 g/mol. The van der Waals surface area contributed by atoms with Gasteiger partial charge in [-0.1, -0.05) is 44.2 Å². The van der Waals surface area contributed by atoms with Crippen molar-refractivity contribution in [2.45, 2.75) is 127 Å². The van der Waals surface area contributed by atoms with Gasteiger partial charge in [0.05, 0.1) is 17.9 Å². The summed E-state index contributed by atoms with van der Waals surface area (Å²) in [4.78, 5) is 63.8. The second-order valence-corrected chi connectivity index (χ2v) is 19.3. The predicted molar refractivity (Wildman–Crippen MR) is 206 cm³/mol. The maximum Gasteiger partial charge on any atom is 0.408 e. The topological polar surface area (TPSA) is 185 Å². The molecule has 15 heteroatoms. The number of carbonyl (C=O) groups excluding carboxylic acids is 3. The van der Waals surface area contributed by atoms with Crippen LogP contribution in [0.2, 0.25) is 0 Å². The van der Waals surface area contributed by atoms with Crippen molar-refractivity contribution in [1.82, 2.24) is 24.8 Å². The molecule has 2 aliphatic heterocycles. The summed E-state index contributed by atoms with van der Waals surface area (Å²) in [7, 11) is -4.02. The number of hydrogen-bond donors (Lipinski definition) is 3. The van der Waals surface area contributed by atoms with E-state index >= 15 is 4.79 Å².